The van der Waals surface area contributed by atoms with Crippen LogP contribution in [0.2, 0.25) is 0 Å². The van der Waals surface area contributed by atoms with Crippen LogP contribution in [-0.2, 0) is 9.53 Å². The highest BCUT2D eigenvalue weighted by atomic mass is 16.5. The van der Waals surface area contributed by atoms with Crippen molar-refractivity contribution in [2.45, 2.75) is 13.3 Å². The van der Waals surface area contributed by atoms with E-state index in [1.54, 1.807) is 6.07 Å². The van der Waals surface area contributed by atoms with E-state index in [-0.39, 0.29) is 11.8 Å². The SMILES string of the molecule is Cc1cc(N2N=C3CCOCC3C2=O)ncn1. The maximum absolute atomic E-state index is 12.1. The highest BCUT2D eigenvalue weighted by Gasteiger charge is 2.38. The van der Waals surface area contributed by atoms with Crippen LogP contribution >= 0.6 is 0 Å². The van der Waals surface area contributed by atoms with Crippen LogP contribution in [0, 0.1) is 12.8 Å². The van der Waals surface area contributed by atoms with Crippen LogP contribution in [0.3, 0.4) is 0 Å². The molecule has 6 heteroatoms. The van der Waals surface area contributed by atoms with E-state index in [1.807, 2.05) is 6.92 Å². The molecule has 2 aliphatic rings. The lowest BCUT2D eigenvalue weighted by atomic mass is 10.0. The van der Waals surface area contributed by atoms with Crippen molar-refractivity contribution in [2.24, 2.45) is 11.0 Å². The molecular weight excluding hydrogens is 220 g/mol. The Kier molecular flexibility index (Phi) is 2.36. The predicted octanol–water partition coefficient (Wildman–Crippen LogP) is 0.524. The number of hydrogen-bond donors (Lipinski definition) is 0. The summed E-state index contributed by atoms with van der Waals surface area (Å²) in [6, 6.07) is 1.75. The van der Waals surface area contributed by atoms with Crippen LogP contribution in [-0.4, -0.2) is 34.8 Å². The number of anilines is 1. The number of nitrogens with zero attached hydrogens (tertiary/aromatic N) is 4. The first-order chi connectivity index (χ1) is 8.25. The fraction of sp³-hybridized carbons (Fsp3) is 0.455. The largest absolute Gasteiger partial charge is 0.380 e. The van der Waals surface area contributed by atoms with Crippen molar-refractivity contribution in [3.63, 3.8) is 0 Å². The average molecular weight is 232 g/mol. The lowest BCUT2D eigenvalue weighted by molar-refractivity contribution is -0.121. The monoisotopic (exact) mass is 232 g/mol. The molecule has 0 radical (unpaired) electrons. The van der Waals surface area contributed by atoms with E-state index >= 15 is 0 Å². The summed E-state index contributed by atoms with van der Waals surface area (Å²) in [6.45, 7) is 2.92. The van der Waals surface area contributed by atoms with Crippen molar-refractivity contribution in [3.05, 3.63) is 18.1 Å². The maximum Gasteiger partial charge on any atom is 0.260 e. The van der Waals surface area contributed by atoms with Crippen LogP contribution in [0.25, 0.3) is 0 Å². The molecule has 88 valence electrons. The summed E-state index contributed by atoms with van der Waals surface area (Å²) in [5, 5.41) is 5.70. The molecule has 6 nitrogen and oxygen atoms in total. The maximum atomic E-state index is 12.1. The molecule has 1 amide bonds. The Morgan fingerprint density at radius 3 is 3.12 bits per heavy atom. The molecule has 1 atom stereocenters. The number of fused-ring (bicyclic) bond motifs is 1. The predicted molar refractivity (Wildman–Crippen MR) is 60.6 cm³/mol. The second kappa shape index (κ2) is 3.89. The molecule has 3 heterocycles. The van der Waals surface area contributed by atoms with Gasteiger partial charge in [0.2, 0.25) is 0 Å². The number of aromatic nitrogens is 2. The van der Waals surface area contributed by atoms with E-state index < -0.39 is 0 Å². The number of hydrazone groups is 1. The Morgan fingerprint density at radius 1 is 1.47 bits per heavy atom. The van der Waals surface area contributed by atoms with Crippen LogP contribution in [0.1, 0.15) is 12.1 Å². The van der Waals surface area contributed by atoms with Crippen LogP contribution in [0.5, 0.6) is 0 Å². The molecule has 1 fully saturated rings. The first kappa shape index (κ1) is 10.3. The summed E-state index contributed by atoms with van der Waals surface area (Å²) in [5.74, 6) is 0.251. The Labute approximate surface area is 98.3 Å². The van der Waals surface area contributed by atoms with Gasteiger partial charge in [-0.25, -0.2) is 9.97 Å². The van der Waals surface area contributed by atoms with Crippen LogP contribution < -0.4 is 5.01 Å². The molecule has 2 aliphatic heterocycles. The lowest BCUT2D eigenvalue weighted by Crippen LogP contribution is -2.34. The second-order valence-electron chi connectivity index (χ2n) is 4.14. The number of aryl methyl sites for hydroxylation is 1. The molecule has 0 aromatic carbocycles. The minimum Gasteiger partial charge on any atom is -0.380 e. The highest BCUT2D eigenvalue weighted by molar-refractivity contribution is 6.15. The molecule has 0 spiro atoms. The Morgan fingerprint density at radius 2 is 2.35 bits per heavy atom. The minimum atomic E-state index is -0.223. The summed E-state index contributed by atoms with van der Waals surface area (Å²) in [6.07, 6.45) is 2.16. The van der Waals surface area contributed by atoms with E-state index in [1.165, 1.54) is 11.3 Å². The topological polar surface area (TPSA) is 67.7 Å². The number of hydrogen-bond acceptors (Lipinski definition) is 5. The Balaban J connectivity index is 1.94. The van der Waals surface area contributed by atoms with Gasteiger partial charge in [-0.1, -0.05) is 0 Å². The van der Waals surface area contributed by atoms with Crippen molar-refractivity contribution in [2.75, 3.05) is 18.2 Å². The molecule has 1 aromatic rings. The number of rotatable bonds is 1. The number of carbonyl (C=O) groups excluding carboxylic acids is 1. The zero-order valence-corrected chi connectivity index (χ0v) is 9.46. The highest BCUT2D eigenvalue weighted by Crippen LogP contribution is 2.25. The number of amides is 1. The van der Waals surface area contributed by atoms with Gasteiger partial charge in [-0.2, -0.15) is 10.1 Å². The molecule has 1 saturated heterocycles. The van der Waals surface area contributed by atoms with Gasteiger partial charge in [0.05, 0.1) is 18.9 Å². The third kappa shape index (κ3) is 1.70. The minimum absolute atomic E-state index is 0.0576. The normalized spacial score (nSPS) is 23.6. The molecule has 3 rings (SSSR count). The van der Waals surface area contributed by atoms with Crippen molar-refractivity contribution in [3.8, 4) is 0 Å². The molecule has 0 aliphatic carbocycles. The van der Waals surface area contributed by atoms with E-state index in [4.69, 9.17) is 4.74 Å². The standard InChI is InChI=1S/C11H12N4O2/c1-7-4-10(13-6-12-7)15-11(16)8-5-17-3-2-9(8)14-15/h4,6,8H,2-3,5H2,1H3. The third-order valence-electron chi connectivity index (χ3n) is 2.93. The third-order valence-corrected chi connectivity index (χ3v) is 2.93. The fourth-order valence-corrected chi connectivity index (χ4v) is 2.03. The van der Waals surface area contributed by atoms with Crippen molar-refractivity contribution >= 4 is 17.4 Å². The molecule has 1 aromatic heterocycles. The average Bonchev–Trinajstić information content (AvgIpc) is 2.68. The summed E-state index contributed by atoms with van der Waals surface area (Å²) < 4.78 is 5.30. The van der Waals surface area contributed by atoms with Gasteiger partial charge in [-0.05, 0) is 6.92 Å². The summed E-state index contributed by atoms with van der Waals surface area (Å²) in [4.78, 5) is 20.2. The van der Waals surface area contributed by atoms with Gasteiger partial charge >= 0.3 is 0 Å². The molecular formula is C11H12N4O2. The first-order valence-electron chi connectivity index (χ1n) is 5.53. The molecule has 1 unspecified atom stereocenters. The molecule has 0 saturated carbocycles. The van der Waals surface area contributed by atoms with Crippen molar-refractivity contribution < 1.29 is 9.53 Å². The lowest BCUT2D eigenvalue weighted by Gasteiger charge is -2.17. The van der Waals surface area contributed by atoms with E-state index in [2.05, 4.69) is 15.1 Å². The molecule has 0 N–H and O–H groups in total. The van der Waals surface area contributed by atoms with Gasteiger partial charge < -0.3 is 4.74 Å². The number of ether oxygens (including phenoxy) is 1. The number of carbonyl (C=O) groups is 1. The van der Waals surface area contributed by atoms with Crippen molar-refractivity contribution in [1.29, 1.82) is 0 Å². The van der Waals surface area contributed by atoms with Gasteiger partial charge in [0.25, 0.3) is 5.91 Å². The van der Waals surface area contributed by atoms with Gasteiger partial charge in [0.15, 0.2) is 5.82 Å². The Hall–Kier alpha value is -1.82. The molecule has 17 heavy (non-hydrogen) atoms. The quantitative estimate of drug-likeness (QED) is 0.708. The van der Waals surface area contributed by atoms with Gasteiger partial charge in [-0.15, -0.1) is 0 Å². The van der Waals surface area contributed by atoms with E-state index in [0.29, 0.717) is 19.0 Å². The summed E-state index contributed by atoms with van der Waals surface area (Å²) >= 11 is 0. The summed E-state index contributed by atoms with van der Waals surface area (Å²) in [5.41, 5.74) is 1.71. The Bertz CT molecular complexity index is 500. The van der Waals surface area contributed by atoms with E-state index in [0.717, 1.165) is 17.8 Å². The second-order valence-corrected chi connectivity index (χ2v) is 4.14. The van der Waals surface area contributed by atoms with Crippen molar-refractivity contribution in [1.82, 2.24) is 9.97 Å². The van der Waals surface area contributed by atoms with Gasteiger partial charge in [0, 0.05) is 18.2 Å². The zero-order chi connectivity index (χ0) is 11.8. The fourth-order valence-electron chi connectivity index (χ4n) is 2.03. The molecule has 0 bridgehead atoms. The smallest absolute Gasteiger partial charge is 0.260 e. The van der Waals surface area contributed by atoms with Crippen LogP contribution in [0.15, 0.2) is 17.5 Å². The van der Waals surface area contributed by atoms with Crippen LogP contribution in [0.4, 0.5) is 5.82 Å². The first-order valence-corrected chi connectivity index (χ1v) is 5.53. The van der Waals surface area contributed by atoms with Gasteiger partial charge in [0.1, 0.15) is 12.2 Å². The van der Waals surface area contributed by atoms with E-state index in [9.17, 15) is 4.79 Å². The van der Waals surface area contributed by atoms with Gasteiger partial charge in [-0.3, -0.25) is 4.79 Å². The zero-order valence-electron chi connectivity index (χ0n) is 9.46. The summed E-state index contributed by atoms with van der Waals surface area (Å²) in [7, 11) is 0.